The molecule has 0 unspecified atom stereocenters. The second kappa shape index (κ2) is 5.23. The summed E-state index contributed by atoms with van der Waals surface area (Å²) in [5, 5.41) is 11.0. The monoisotopic (exact) mass is 348 g/mol. The van der Waals surface area contributed by atoms with Crippen molar-refractivity contribution < 1.29 is 14.6 Å². The van der Waals surface area contributed by atoms with Crippen LogP contribution in [0.5, 0.6) is 0 Å². The van der Waals surface area contributed by atoms with Crippen LogP contribution in [0.2, 0.25) is 0 Å². The van der Waals surface area contributed by atoms with Gasteiger partial charge in [-0.15, -0.1) is 0 Å². The summed E-state index contributed by atoms with van der Waals surface area (Å²) < 4.78 is 12.1. The van der Waals surface area contributed by atoms with Gasteiger partial charge < -0.3 is 14.6 Å². The van der Waals surface area contributed by atoms with E-state index in [0.29, 0.717) is 5.41 Å². The zero-order valence-corrected chi connectivity index (χ0v) is 16.4. The topological polar surface area (TPSA) is 38.7 Å². The Morgan fingerprint density at radius 3 is 2.28 bits per heavy atom. The molecule has 5 aliphatic rings. The summed E-state index contributed by atoms with van der Waals surface area (Å²) in [7, 11) is 0. The molecule has 0 aromatic carbocycles. The van der Waals surface area contributed by atoms with Crippen molar-refractivity contribution in [2.75, 3.05) is 13.2 Å². The molecule has 25 heavy (non-hydrogen) atoms. The normalized spacial score (nSPS) is 57.1. The molecular weight excluding hydrogens is 312 g/mol. The van der Waals surface area contributed by atoms with Gasteiger partial charge in [-0.1, -0.05) is 13.8 Å². The second-order valence-corrected chi connectivity index (χ2v) is 10.7. The summed E-state index contributed by atoms with van der Waals surface area (Å²) >= 11 is 0. The number of hydrogen-bond acceptors (Lipinski definition) is 3. The van der Waals surface area contributed by atoms with Gasteiger partial charge in [-0.2, -0.15) is 0 Å². The zero-order chi connectivity index (χ0) is 17.5. The van der Waals surface area contributed by atoms with E-state index in [0.717, 1.165) is 56.1 Å². The highest BCUT2D eigenvalue weighted by Crippen LogP contribution is 2.69. The summed E-state index contributed by atoms with van der Waals surface area (Å²) in [5.41, 5.74) is 0.146. The molecule has 0 aromatic rings. The van der Waals surface area contributed by atoms with Crippen molar-refractivity contribution in [2.45, 2.75) is 89.9 Å². The molecule has 0 amide bonds. The van der Waals surface area contributed by atoms with Crippen molar-refractivity contribution in [1.82, 2.24) is 0 Å². The van der Waals surface area contributed by atoms with Crippen LogP contribution >= 0.6 is 0 Å². The molecule has 1 heterocycles. The second-order valence-electron chi connectivity index (χ2n) is 10.7. The van der Waals surface area contributed by atoms with Gasteiger partial charge in [0.2, 0.25) is 0 Å². The summed E-state index contributed by atoms with van der Waals surface area (Å²) in [5.74, 6) is 2.92. The molecule has 5 fully saturated rings. The number of rotatable bonds is 0. The van der Waals surface area contributed by atoms with Gasteiger partial charge in [-0.25, -0.2) is 0 Å². The fraction of sp³-hybridized carbons (Fsp3) is 1.00. The molecule has 142 valence electrons. The first kappa shape index (κ1) is 17.0. The lowest BCUT2D eigenvalue weighted by atomic mass is 9.44. The first-order chi connectivity index (χ1) is 11.8. The Bertz CT molecular complexity index is 551. The van der Waals surface area contributed by atoms with Crippen molar-refractivity contribution in [2.24, 2.45) is 34.5 Å². The Morgan fingerprint density at radius 2 is 1.52 bits per heavy atom. The van der Waals surface area contributed by atoms with Crippen LogP contribution in [0, 0.1) is 34.5 Å². The van der Waals surface area contributed by atoms with E-state index in [9.17, 15) is 5.11 Å². The average Bonchev–Trinajstić information content (AvgIpc) is 3.11. The lowest BCUT2D eigenvalue weighted by Crippen LogP contribution is -2.57. The van der Waals surface area contributed by atoms with Gasteiger partial charge in [0, 0.05) is 12.8 Å². The SMILES string of the molecule is C[C@]12CCC3(C[C@@H]1CC[C@H]1[C@H]4CC[C@](C)(O)[C@]4(C)CC[C@@H]12)OCCO3. The molecule has 5 rings (SSSR count). The molecule has 4 saturated carbocycles. The van der Waals surface area contributed by atoms with E-state index >= 15 is 0 Å². The molecule has 7 atom stereocenters. The minimum Gasteiger partial charge on any atom is -0.390 e. The Kier molecular flexibility index (Phi) is 3.56. The zero-order valence-electron chi connectivity index (χ0n) is 16.4. The summed E-state index contributed by atoms with van der Waals surface area (Å²) in [6, 6.07) is 0. The third-order valence-electron chi connectivity index (χ3n) is 10.0. The van der Waals surface area contributed by atoms with E-state index in [2.05, 4.69) is 20.8 Å². The molecule has 1 N–H and O–H groups in total. The molecule has 0 bridgehead atoms. The minimum atomic E-state index is -0.456. The van der Waals surface area contributed by atoms with E-state index in [1.165, 1.54) is 38.5 Å². The van der Waals surface area contributed by atoms with Gasteiger partial charge in [-0.05, 0) is 86.4 Å². The van der Waals surface area contributed by atoms with Crippen molar-refractivity contribution in [3.63, 3.8) is 0 Å². The number of fused-ring (bicyclic) bond motifs is 5. The number of hydrogen-bond donors (Lipinski definition) is 1. The molecule has 0 aromatic heterocycles. The quantitative estimate of drug-likeness (QED) is 0.699. The Labute approximate surface area is 152 Å². The molecular formula is C22H36O3. The summed E-state index contributed by atoms with van der Waals surface area (Å²) in [4.78, 5) is 0. The lowest BCUT2D eigenvalue weighted by Gasteiger charge is -2.62. The first-order valence-corrected chi connectivity index (χ1v) is 10.8. The van der Waals surface area contributed by atoms with Crippen molar-refractivity contribution in [3.05, 3.63) is 0 Å². The van der Waals surface area contributed by atoms with Crippen LogP contribution in [-0.2, 0) is 9.47 Å². The third-order valence-corrected chi connectivity index (χ3v) is 10.0. The standard InChI is InChI=1S/C22H36O3/c1-19-10-11-22(24-12-13-25-22)14-15(19)4-5-16-17(19)6-8-20(2)18(16)7-9-21(20,3)23/h15-18,23H,4-14H2,1-3H3/t15-,16+,17-,18+,19-,20+,21-/m0/s1. The van der Waals surface area contributed by atoms with Gasteiger partial charge in [0.25, 0.3) is 0 Å². The largest absolute Gasteiger partial charge is 0.390 e. The molecule has 1 aliphatic heterocycles. The highest BCUT2D eigenvalue weighted by Gasteiger charge is 2.64. The fourth-order valence-corrected chi connectivity index (χ4v) is 8.20. The number of aliphatic hydroxyl groups is 1. The smallest absolute Gasteiger partial charge is 0.168 e. The van der Waals surface area contributed by atoms with Gasteiger partial charge in [0.15, 0.2) is 5.79 Å². The maximum atomic E-state index is 11.0. The minimum absolute atomic E-state index is 0.144. The predicted molar refractivity (Wildman–Crippen MR) is 97.0 cm³/mol. The van der Waals surface area contributed by atoms with E-state index in [-0.39, 0.29) is 11.2 Å². The maximum Gasteiger partial charge on any atom is 0.168 e. The highest BCUT2D eigenvalue weighted by molar-refractivity contribution is 5.13. The van der Waals surface area contributed by atoms with Crippen molar-refractivity contribution in [1.29, 1.82) is 0 Å². The van der Waals surface area contributed by atoms with E-state index in [4.69, 9.17) is 9.47 Å². The van der Waals surface area contributed by atoms with Crippen molar-refractivity contribution in [3.8, 4) is 0 Å². The average molecular weight is 349 g/mol. The maximum absolute atomic E-state index is 11.0. The molecule has 3 nitrogen and oxygen atoms in total. The van der Waals surface area contributed by atoms with Crippen LogP contribution < -0.4 is 0 Å². The molecule has 0 radical (unpaired) electrons. The first-order valence-electron chi connectivity index (χ1n) is 10.8. The molecule has 4 aliphatic carbocycles. The molecule has 1 saturated heterocycles. The van der Waals surface area contributed by atoms with Gasteiger partial charge in [0.1, 0.15) is 0 Å². The predicted octanol–water partition coefficient (Wildman–Crippen LogP) is 4.52. The Hall–Kier alpha value is -0.120. The Balaban J connectivity index is 1.41. The Morgan fingerprint density at radius 1 is 0.800 bits per heavy atom. The third kappa shape index (κ3) is 2.15. The van der Waals surface area contributed by atoms with E-state index < -0.39 is 5.60 Å². The van der Waals surface area contributed by atoms with Crippen LogP contribution in [0.4, 0.5) is 0 Å². The summed E-state index contributed by atoms with van der Waals surface area (Å²) in [6.45, 7) is 8.66. The van der Waals surface area contributed by atoms with Crippen LogP contribution in [0.3, 0.4) is 0 Å². The highest BCUT2D eigenvalue weighted by atomic mass is 16.7. The van der Waals surface area contributed by atoms with Crippen LogP contribution in [0.15, 0.2) is 0 Å². The number of ether oxygens (including phenoxy) is 2. The van der Waals surface area contributed by atoms with Crippen LogP contribution in [0.1, 0.15) is 78.6 Å². The summed E-state index contributed by atoms with van der Waals surface area (Å²) in [6.07, 6.45) is 10.9. The fourth-order valence-electron chi connectivity index (χ4n) is 8.20. The molecule has 3 heteroatoms. The van der Waals surface area contributed by atoms with E-state index in [1.54, 1.807) is 0 Å². The van der Waals surface area contributed by atoms with Crippen LogP contribution in [-0.4, -0.2) is 29.7 Å². The van der Waals surface area contributed by atoms with E-state index in [1.807, 2.05) is 0 Å². The molecule has 1 spiro atoms. The van der Waals surface area contributed by atoms with Crippen molar-refractivity contribution >= 4 is 0 Å². The van der Waals surface area contributed by atoms with Crippen LogP contribution in [0.25, 0.3) is 0 Å². The lowest BCUT2D eigenvalue weighted by molar-refractivity contribution is -0.232. The van der Waals surface area contributed by atoms with Gasteiger partial charge >= 0.3 is 0 Å². The van der Waals surface area contributed by atoms with Gasteiger partial charge in [0.05, 0.1) is 18.8 Å². The van der Waals surface area contributed by atoms with Gasteiger partial charge in [-0.3, -0.25) is 0 Å².